The van der Waals surface area contributed by atoms with Gasteiger partial charge in [-0.25, -0.2) is 12.8 Å². The minimum Gasteiger partial charge on any atom is -0.255 e. The minimum absolute atomic E-state index is 0.0743. The Kier molecular flexibility index (Phi) is 3.95. The molecule has 0 amide bonds. The fourth-order valence-electron chi connectivity index (χ4n) is 1.87. The molecule has 100 valence electrons. The van der Waals surface area contributed by atoms with Crippen molar-refractivity contribution in [3.63, 3.8) is 0 Å². The van der Waals surface area contributed by atoms with E-state index in [0.717, 1.165) is 5.39 Å². The Balaban J connectivity index is 2.52. The van der Waals surface area contributed by atoms with Gasteiger partial charge in [0.15, 0.2) is 9.84 Å². The highest BCUT2D eigenvalue weighted by Crippen LogP contribution is 2.23. The third-order valence-electron chi connectivity index (χ3n) is 2.68. The summed E-state index contributed by atoms with van der Waals surface area (Å²) < 4.78 is 37.9. The van der Waals surface area contributed by atoms with E-state index in [9.17, 15) is 12.8 Å². The van der Waals surface area contributed by atoms with Crippen LogP contribution in [0.2, 0.25) is 0 Å². The van der Waals surface area contributed by atoms with Crippen LogP contribution >= 0.6 is 0 Å². The SMILES string of the molecule is CC/C=C(\F)CS(=O)(=O)c1cccc2cccnc12. The third-order valence-corrected chi connectivity index (χ3v) is 4.34. The van der Waals surface area contributed by atoms with Gasteiger partial charge < -0.3 is 0 Å². The minimum atomic E-state index is -3.71. The number of halogens is 1. The van der Waals surface area contributed by atoms with Crippen LogP contribution in [0.4, 0.5) is 4.39 Å². The van der Waals surface area contributed by atoms with E-state index in [1.165, 1.54) is 18.3 Å². The van der Waals surface area contributed by atoms with Gasteiger partial charge >= 0.3 is 0 Å². The Morgan fingerprint density at radius 3 is 2.79 bits per heavy atom. The summed E-state index contributed by atoms with van der Waals surface area (Å²) in [6, 6.07) is 8.39. The lowest BCUT2D eigenvalue weighted by Crippen LogP contribution is -2.08. The highest BCUT2D eigenvalue weighted by atomic mass is 32.2. The van der Waals surface area contributed by atoms with Crippen molar-refractivity contribution >= 4 is 20.7 Å². The second-order valence-corrected chi connectivity index (χ2v) is 6.11. The van der Waals surface area contributed by atoms with E-state index in [1.807, 2.05) is 0 Å². The van der Waals surface area contributed by atoms with E-state index >= 15 is 0 Å². The second-order valence-electron chi connectivity index (χ2n) is 4.15. The number of para-hydroxylation sites is 1. The van der Waals surface area contributed by atoms with E-state index in [0.29, 0.717) is 11.9 Å². The highest BCUT2D eigenvalue weighted by Gasteiger charge is 2.20. The molecule has 0 aliphatic carbocycles. The number of fused-ring (bicyclic) bond motifs is 1. The van der Waals surface area contributed by atoms with Crippen molar-refractivity contribution in [3.05, 3.63) is 48.4 Å². The Morgan fingerprint density at radius 1 is 1.32 bits per heavy atom. The number of rotatable bonds is 4. The van der Waals surface area contributed by atoms with Crippen LogP contribution in [0, 0.1) is 0 Å². The number of hydrogen-bond donors (Lipinski definition) is 0. The average molecular weight is 279 g/mol. The maximum Gasteiger partial charge on any atom is 0.186 e. The van der Waals surface area contributed by atoms with E-state index in [4.69, 9.17) is 0 Å². The Labute approximate surface area is 111 Å². The highest BCUT2D eigenvalue weighted by molar-refractivity contribution is 7.91. The molecule has 0 spiro atoms. The summed E-state index contributed by atoms with van der Waals surface area (Å²) in [5.74, 6) is -1.24. The number of hydrogen-bond acceptors (Lipinski definition) is 3. The summed E-state index contributed by atoms with van der Waals surface area (Å²) in [4.78, 5) is 4.15. The summed E-state index contributed by atoms with van der Waals surface area (Å²) in [6.07, 6.45) is 3.27. The van der Waals surface area contributed by atoms with Crippen LogP contribution in [0.25, 0.3) is 10.9 Å². The van der Waals surface area contributed by atoms with Crippen LogP contribution < -0.4 is 0 Å². The number of benzene rings is 1. The Morgan fingerprint density at radius 2 is 2.05 bits per heavy atom. The lowest BCUT2D eigenvalue weighted by molar-refractivity contribution is 0.583. The van der Waals surface area contributed by atoms with Crippen molar-refractivity contribution in [1.29, 1.82) is 0 Å². The van der Waals surface area contributed by atoms with E-state index < -0.39 is 21.4 Å². The van der Waals surface area contributed by atoms with Gasteiger partial charge in [0.05, 0.1) is 10.4 Å². The molecule has 0 aliphatic heterocycles. The molecule has 0 radical (unpaired) electrons. The summed E-state index contributed by atoms with van der Waals surface area (Å²) in [5.41, 5.74) is 0.384. The maximum absolute atomic E-state index is 13.4. The van der Waals surface area contributed by atoms with Gasteiger partial charge in [-0.2, -0.15) is 0 Å². The third kappa shape index (κ3) is 2.98. The van der Waals surface area contributed by atoms with E-state index in [2.05, 4.69) is 4.98 Å². The van der Waals surface area contributed by atoms with Crippen LogP contribution in [0.3, 0.4) is 0 Å². The van der Waals surface area contributed by atoms with Crippen LogP contribution in [-0.4, -0.2) is 19.2 Å². The molecule has 5 heteroatoms. The van der Waals surface area contributed by atoms with Crippen LogP contribution in [0.15, 0.2) is 53.3 Å². The maximum atomic E-state index is 13.4. The van der Waals surface area contributed by atoms with Gasteiger partial charge in [0, 0.05) is 11.6 Å². The molecule has 0 N–H and O–H groups in total. The molecular formula is C14H14FNO2S. The zero-order valence-electron chi connectivity index (χ0n) is 10.5. The molecule has 0 aliphatic rings. The average Bonchev–Trinajstić information content (AvgIpc) is 2.37. The molecule has 0 saturated carbocycles. The summed E-state index contributed by atoms with van der Waals surface area (Å²) >= 11 is 0. The van der Waals surface area contributed by atoms with Crippen molar-refractivity contribution < 1.29 is 12.8 Å². The van der Waals surface area contributed by atoms with E-state index in [-0.39, 0.29) is 4.90 Å². The van der Waals surface area contributed by atoms with Gasteiger partial charge in [0.1, 0.15) is 11.6 Å². The lowest BCUT2D eigenvalue weighted by atomic mass is 10.2. The molecule has 3 nitrogen and oxygen atoms in total. The predicted octanol–water partition coefficient (Wildman–Crippen LogP) is 3.27. The Hall–Kier alpha value is -1.75. The zero-order chi connectivity index (χ0) is 13.9. The first-order valence-electron chi connectivity index (χ1n) is 5.95. The Bertz CT molecular complexity index is 718. The van der Waals surface area contributed by atoms with Crippen LogP contribution in [-0.2, 0) is 9.84 Å². The molecule has 2 aromatic rings. The topological polar surface area (TPSA) is 47.0 Å². The molecule has 19 heavy (non-hydrogen) atoms. The lowest BCUT2D eigenvalue weighted by Gasteiger charge is -2.06. The van der Waals surface area contributed by atoms with Crippen LogP contribution in [0.1, 0.15) is 13.3 Å². The normalized spacial score (nSPS) is 12.8. The zero-order valence-corrected chi connectivity index (χ0v) is 11.3. The number of nitrogens with zero attached hydrogens (tertiary/aromatic N) is 1. The first-order valence-corrected chi connectivity index (χ1v) is 7.61. The molecule has 2 rings (SSSR count). The van der Waals surface area contributed by atoms with Crippen molar-refractivity contribution in [3.8, 4) is 0 Å². The smallest absolute Gasteiger partial charge is 0.186 e. The second kappa shape index (κ2) is 5.48. The molecular weight excluding hydrogens is 265 g/mol. The molecule has 1 aromatic carbocycles. The van der Waals surface area contributed by atoms with Gasteiger partial charge in [0.2, 0.25) is 0 Å². The number of pyridine rings is 1. The molecule has 0 saturated heterocycles. The quantitative estimate of drug-likeness (QED) is 0.863. The molecule has 0 unspecified atom stereocenters. The van der Waals surface area contributed by atoms with Gasteiger partial charge in [0.25, 0.3) is 0 Å². The largest absolute Gasteiger partial charge is 0.255 e. The van der Waals surface area contributed by atoms with Gasteiger partial charge in [-0.05, 0) is 18.6 Å². The number of allylic oxidation sites excluding steroid dienone is 1. The standard InChI is InChI=1S/C14H14FNO2S/c1-2-5-12(15)10-19(17,18)13-8-3-6-11-7-4-9-16-14(11)13/h3-9H,2,10H2,1H3/b12-5-. The first-order chi connectivity index (χ1) is 9.04. The molecule has 0 atom stereocenters. The van der Waals surface area contributed by atoms with Gasteiger partial charge in [-0.1, -0.05) is 31.2 Å². The summed E-state index contributed by atoms with van der Waals surface area (Å²) in [5, 5.41) is 0.725. The van der Waals surface area contributed by atoms with Crippen LogP contribution in [0.5, 0.6) is 0 Å². The number of aromatic nitrogens is 1. The van der Waals surface area contributed by atoms with E-state index in [1.54, 1.807) is 31.2 Å². The van der Waals surface area contributed by atoms with Crippen molar-refractivity contribution in [1.82, 2.24) is 4.98 Å². The molecule has 1 heterocycles. The molecule has 0 fully saturated rings. The van der Waals surface area contributed by atoms with Gasteiger partial charge in [-0.15, -0.1) is 0 Å². The van der Waals surface area contributed by atoms with Gasteiger partial charge in [-0.3, -0.25) is 4.98 Å². The predicted molar refractivity (Wildman–Crippen MR) is 73.3 cm³/mol. The number of sulfone groups is 1. The fraction of sp³-hybridized carbons (Fsp3) is 0.214. The first kappa shape index (κ1) is 13.7. The summed E-state index contributed by atoms with van der Waals surface area (Å²) in [7, 11) is -3.71. The van der Waals surface area contributed by atoms with Crippen molar-refractivity contribution in [2.75, 3.05) is 5.75 Å². The monoisotopic (exact) mass is 279 g/mol. The molecule has 0 bridgehead atoms. The fourth-order valence-corrected chi connectivity index (χ4v) is 3.25. The van der Waals surface area contributed by atoms with Crippen molar-refractivity contribution in [2.45, 2.75) is 18.2 Å². The molecule has 1 aromatic heterocycles. The van der Waals surface area contributed by atoms with Crippen molar-refractivity contribution in [2.24, 2.45) is 0 Å². The summed E-state index contributed by atoms with van der Waals surface area (Å²) in [6.45, 7) is 1.76.